The van der Waals surface area contributed by atoms with Crippen molar-refractivity contribution in [3.8, 4) is 5.75 Å². The zero-order valence-electron chi connectivity index (χ0n) is 8.33. The molecule has 0 fully saturated rings. The lowest BCUT2D eigenvalue weighted by Gasteiger charge is -2.22. The first-order valence-corrected chi connectivity index (χ1v) is 4.68. The summed E-state index contributed by atoms with van der Waals surface area (Å²) in [4.78, 5) is 11.3. The van der Waals surface area contributed by atoms with Crippen LogP contribution in [0.25, 0.3) is 0 Å². The van der Waals surface area contributed by atoms with Crippen molar-refractivity contribution in [2.75, 3.05) is 12.4 Å². The van der Waals surface area contributed by atoms with Gasteiger partial charge in [-0.2, -0.15) is 0 Å². The van der Waals surface area contributed by atoms with Gasteiger partial charge in [-0.05, 0) is 17.5 Å². The zero-order valence-corrected chi connectivity index (χ0v) is 8.33. The van der Waals surface area contributed by atoms with Gasteiger partial charge in [0, 0.05) is 18.2 Å². The quantitative estimate of drug-likeness (QED) is 0.738. The molecule has 1 aromatic carbocycles. The second-order valence-corrected chi connectivity index (χ2v) is 3.61. The van der Waals surface area contributed by atoms with Crippen molar-refractivity contribution in [1.29, 1.82) is 0 Å². The Hall–Kier alpha value is -1.51. The van der Waals surface area contributed by atoms with E-state index in [0.717, 1.165) is 11.4 Å². The highest BCUT2D eigenvalue weighted by Crippen LogP contribution is 2.33. The van der Waals surface area contributed by atoms with Crippen LogP contribution >= 0.6 is 0 Å². The number of nitrogens with one attached hydrogen (secondary N) is 1. The number of ether oxygens (including phenoxy) is 1. The Labute approximate surface area is 83.1 Å². The third kappa shape index (κ3) is 1.45. The van der Waals surface area contributed by atoms with Gasteiger partial charge in [0.2, 0.25) is 5.91 Å². The second-order valence-electron chi connectivity index (χ2n) is 3.61. The molecule has 0 bridgehead atoms. The first kappa shape index (κ1) is 9.06. The maximum atomic E-state index is 11.3. The van der Waals surface area contributed by atoms with Crippen molar-refractivity contribution in [2.24, 2.45) is 0 Å². The zero-order chi connectivity index (χ0) is 10.1. The number of methoxy groups -OCH3 is 1. The molecule has 0 spiro atoms. The highest BCUT2D eigenvalue weighted by molar-refractivity contribution is 5.94. The molecule has 3 nitrogen and oxygen atoms in total. The number of benzene rings is 1. The smallest absolute Gasteiger partial charge is 0.224 e. The predicted octanol–water partition coefficient (Wildman–Crippen LogP) is 2.14. The number of anilines is 1. The van der Waals surface area contributed by atoms with Crippen LogP contribution in [0.2, 0.25) is 0 Å². The fourth-order valence-electron chi connectivity index (χ4n) is 1.79. The summed E-state index contributed by atoms with van der Waals surface area (Å²) in [5.74, 6) is 1.15. The Kier molecular flexibility index (Phi) is 2.15. The predicted molar refractivity (Wildman–Crippen MR) is 54.7 cm³/mol. The first-order valence-electron chi connectivity index (χ1n) is 4.68. The monoisotopic (exact) mass is 191 g/mol. The molecule has 1 aliphatic rings. The molecule has 74 valence electrons. The van der Waals surface area contributed by atoms with Crippen molar-refractivity contribution >= 4 is 11.6 Å². The fourth-order valence-corrected chi connectivity index (χ4v) is 1.79. The molecular formula is C11H13NO2. The summed E-state index contributed by atoms with van der Waals surface area (Å²) in [6.07, 6.45) is 0.569. The van der Waals surface area contributed by atoms with Gasteiger partial charge in [0.05, 0.1) is 7.11 Å². The minimum absolute atomic E-state index is 0.0817. The number of rotatable bonds is 1. The summed E-state index contributed by atoms with van der Waals surface area (Å²) in [5.41, 5.74) is 2.07. The Morgan fingerprint density at radius 1 is 1.50 bits per heavy atom. The highest BCUT2D eigenvalue weighted by atomic mass is 16.5. The van der Waals surface area contributed by atoms with Crippen LogP contribution in [0.1, 0.15) is 24.8 Å². The van der Waals surface area contributed by atoms with Crippen LogP contribution in [0.5, 0.6) is 5.75 Å². The van der Waals surface area contributed by atoms with Crippen LogP contribution in [0.15, 0.2) is 18.2 Å². The second kappa shape index (κ2) is 3.33. The Bertz CT molecular complexity index is 374. The van der Waals surface area contributed by atoms with Crippen molar-refractivity contribution in [2.45, 2.75) is 19.3 Å². The maximum Gasteiger partial charge on any atom is 0.224 e. The molecule has 0 saturated heterocycles. The fraction of sp³-hybridized carbons (Fsp3) is 0.364. The van der Waals surface area contributed by atoms with E-state index in [2.05, 4.69) is 12.2 Å². The highest BCUT2D eigenvalue weighted by Gasteiger charge is 2.21. The van der Waals surface area contributed by atoms with E-state index >= 15 is 0 Å². The Morgan fingerprint density at radius 2 is 2.29 bits per heavy atom. The molecule has 0 aliphatic carbocycles. The molecule has 1 atom stereocenters. The molecular weight excluding hydrogens is 178 g/mol. The van der Waals surface area contributed by atoms with E-state index in [1.807, 2.05) is 18.2 Å². The van der Waals surface area contributed by atoms with Crippen LogP contribution in [-0.4, -0.2) is 13.0 Å². The van der Waals surface area contributed by atoms with Crippen molar-refractivity contribution in [3.63, 3.8) is 0 Å². The van der Waals surface area contributed by atoms with Gasteiger partial charge in [-0.15, -0.1) is 0 Å². The largest absolute Gasteiger partial charge is 0.497 e. The van der Waals surface area contributed by atoms with Gasteiger partial charge in [0.25, 0.3) is 0 Å². The van der Waals surface area contributed by atoms with E-state index in [9.17, 15) is 4.79 Å². The maximum absolute atomic E-state index is 11.3. The van der Waals surface area contributed by atoms with E-state index in [1.165, 1.54) is 5.56 Å². The molecule has 1 aromatic rings. The number of hydrogen-bond donors (Lipinski definition) is 1. The molecule has 1 amide bonds. The van der Waals surface area contributed by atoms with Gasteiger partial charge >= 0.3 is 0 Å². The van der Waals surface area contributed by atoms with Crippen LogP contribution < -0.4 is 10.1 Å². The van der Waals surface area contributed by atoms with Gasteiger partial charge in [-0.3, -0.25) is 4.79 Å². The van der Waals surface area contributed by atoms with Gasteiger partial charge < -0.3 is 10.1 Å². The van der Waals surface area contributed by atoms with Crippen LogP contribution in [0.4, 0.5) is 5.69 Å². The standard InChI is InChI=1S/C11H13NO2/c1-7-5-11(13)12-10-6-8(14-2)3-4-9(7)10/h3-4,6-7H,5H2,1-2H3,(H,12,13)/t7-/m1/s1. The van der Waals surface area contributed by atoms with Crippen molar-refractivity contribution in [1.82, 2.24) is 0 Å². The van der Waals surface area contributed by atoms with E-state index in [1.54, 1.807) is 7.11 Å². The SMILES string of the molecule is COc1ccc2c(c1)NC(=O)C[C@H]2C. The molecule has 0 aromatic heterocycles. The first-order chi connectivity index (χ1) is 6.70. The summed E-state index contributed by atoms with van der Waals surface area (Å²) in [5, 5.41) is 2.85. The minimum Gasteiger partial charge on any atom is -0.497 e. The number of hydrogen-bond acceptors (Lipinski definition) is 2. The lowest BCUT2D eigenvalue weighted by Crippen LogP contribution is -2.21. The van der Waals surface area contributed by atoms with Crippen LogP contribution in [-0.2, 0) is 4.79 Å². The van der Waals surface area contributed by atoms with E-state index in [4.69, 9.17) is 4.74 Å². The number of carbonyl (C=O) groups is 1. The lowest BCUT2D eigenvalue weighted by atomic mass is 9.92. The molecule has 14 heavy (non-hydrogen) atoms. The number of fused-ring (bicyclic) bond motifs is 1. The van der Waals surface area contributed by atoms with E-state index in [-0.39, 0.29) is 5.91 Å². The Balaban J connectivity index is 2.43. The summed E-state index contributed by atoms with van der Waals surface area (Å²) in [6, 6.07) is 5.80. The summed E-state index contributed by atoms with van der Waals surface area (Å²) >= 11 is 0. The molecule has 2 rings (SSSR count). The molecule has 0 radical (unpaired) electrons. The topological polar surface area (TPSA) is 38.3 Å². The van der Waals surface area contributed by atoms with E-state index < -0.39 is 0 Å². The molecule has 1 heterocycles. The van der Waals surface area contributed by atoms with Gasteiger partial charge in [-0.1, -0.05) is 13.0 Å². The lowest BCUT2D eigenvalue weighted by molar-refractivity contribution is -0.116. The minimum atomic E-state index is 0.0817. The molecule has 1 N–H and O–H groups in total. The normalized spacial score (nSPS) is 19.9. The van der Waals surface area contributed by atoms with Gasteiger partial charge in [0.15, 0.2) is 0 Å². The number of amides is 1. The van der Waals surface area contributed by atoms with Gasteiger partial charge in [0.1, 0.15) is 5.75 Å². The third-order valence-corrected chi connectivity index (χ3v) is 2.56. The Morgan fingerprint density at radius 3 is 3.00 bits per heavy atom. The average molecular weight is 191 g/mol. The molecule has 3 heteroatoms. The van der Waals surface area contributed by atoms with Crippen LogP contribution in [0, 0.1) is 0 Å². The van der Waals surface area contributed by atoms with Gasteiger partial charge in [-0.25, -0.2) is 0 Å². The molecule has 1 aliphatic heterocycles. The molecule has 0 saturated carbocycles. The van der Waals surface area contributed by atoms with E-state index in [0.29, 0.717) is 12.3 Å². The summed E-state index contributed by atoms with van der Waals surface area (Å²) in [7, 11) is 1.62. The average Bonchev–Trinajstić information content (AvgIpc) is 2.16. The van der Waals surface area contributed by atoms with Crippen molar-refractivity contribution in [3.05, 3.63) is 23.8 Å². The molecule has 0 unspecified atom stereocenters. The number of carbonyl (C=O) groups excluding carboxylic acids is 1. The summed E-state index contributed by atoms with van der Waals surface area (Å²) < 4.78 is 5.10. The third-order valence-electron chi connectivity index (χ3n) is 2.56. The van der Waals surface area contributed by atoms with Crippen LogP contribution in [0.3, 0.4) is 0 Å². The summed E-state index contributed by atoms with van der Waals surface area (Å²) in [6.45, 7) is 2.06. The van der Waals surface area contributed by atoms with Crippen molar-refractivity contribution < 1.29 is 9.53 Å².